The van der Waals surface area contributed by atoms with E-state index in [9.17, 15) is 13.2 Å². The summed E-state index contributed by atoms with van der Waals surface area (Å²) >= 11 is 1.19. The summed E-state index contributed by atoms with van der Waals surface area (Å²) in [5.74, 6) is 0.516. The molecule has 0 spiro atoms. The van der Waals surface area contributed by atoms with E-state index in [4.69, 9.17) is 0 Å². The van der Waals surface area contributed by atoms with Crippen LogP contribution >= 0.6 is 11.8 Å². The molecule has 0 aliphatic carbocycles. The summed E-state index contributed by atoms with van der Waals surface area (Å²) in [6.07, 6.45) is -4.25. The van der Waals surface area contributed by atoms with Crippen molar-refractivity contribution in [3.05, 3.63) is 23.8 Å². The first kappa shape index (κ1) is 8.74. The van der Waals surface area contributed by atoms with Gasteiger partial charge in [0.1, 0.15) is 0 Å². The molecule has 0 fully saturated rings. The number of hydrogen-bond acceptors (Lipinski definition) is 2. The smallest absolute Gasteiger partial charge is 0.375 e. The van der Waals surface area contributed by atoms with Gasteiger partial charge in [-0.3, -0.25) is 0 Å². The summed E-state index contributed by atoms with van der Waals surface area (Å²) in [5.41, 5.74) is 0.0415. The Morgan fingerprint density at radius 1 is 1.31 bits per heavy atom. The third kappa shape index (κ3) is 1.48. The van der Waals surface area contributed by atoms with Crippen molar-refractivity contribution in [1.29, 1.82) is 0 Å². The molecule has 0 saturated heterocycles. The highest BCUT2D eigenvalue weighted by atomic mass is 32.2. The van der Waals surface area contributed by atoms with Crippen LogP contribution in [0, 0.1) is 0 Å². The van der Waals surface area contributed by atoms with Crippen LogP contribution in [0.3, 0.4) is 0 Å². The maximum Gasteiger partial charge on any atom is 0.417 e. The van der Waals surface area contributed by atoms with Gasteiger partial charge in [0.2, 0.25) is 0 Å². The largest absolute Gasteiger partial charge is 0.417 e. The molecule has 70 valence electrons. The molecule has 2 rings (SSSR count). The van der Waals surface area contributed by atoms with E-state index in [0.29, 0.717) is 16.5 Å². The lowest BCUT2D eigenvalue weighted by atomic mass is 10.2. The molecule has 5 heteroatoms. The van der Waals surface area contributed by atoms with Crippen LogP contribution < -0.4 is 5.32 Å². The number of fused-ring (bicyclic) bond motifs is 1. The highest BCUT2D eigenvalue weighted by Crippen LogP contribution is 2.43. The number of halogens is 3. The van der Waals surface area contributed by atoms with Gasteiger partial charge >= 0.3 is 6.18 Å². The number of alkyl halides is 3. The van der Waals surface area contributed by atoms with Crippen molar-refractivity contribution in [3.63, 3.8) is 0 Å². The SMILES string of the molecule is FC(F)(F)c1cccc2c1SCN2. The van der Waals surface area contributed by atoms with Crippen LogP contribution in [0.5, 0.6) is 0 Å². The van der Waals surface area contributed by atoms with Crippen molar-refractivity contribution in [3.8, 4) is 0 Å². The summed E-state index contributed by atoms with van der Waals surface area (Å²) in [6, 6.07) is 4.18. The molecule has 0 radical (unpaired) electrons. The summed E-state index contributed by atoms with van der Waals surface area (Å²) < 4.78 is 37.2. The van der Waals surface area contributed by atoms with Gasteiger partial charge in [-0.05, 0) is 12.1 Å². The number of thioether (sulfide) groups is 1. The molecule has 13 heavy (non-hydrogen) atoms. The molecular weight excluding hydrogens is 199 g/mol. The molecule has 0 bridgehead atoms. The molecule has 1 heterocycles. The Balaban J connectivity index is 2.54. The van der Waals surface area contributed by atoms with Crippen molar-refractivity contribution in [2.24, 2.45) is 0 Å². The van der Waals surface area contributed by atoms with E-state index >= 15 is 0 Å². The standard InChI is InChI=1S/C8H6F3NS/c9-8(10,11)5-2-1-3-6-7(5)13-4-12-6/h1-3,12H,4H2. The van der Waals surface area contributed by atoms with Crippen molar-refractivity contribution in [1.82, 2.24) is 0 Å². The summed E-state index contributed by atoms with van der Waals surface area (Å²) in [7, 11) is 0. The predicted molar refractivity (Wildman–Crippen MR) is 45.8 cm³/mol. The van der Waals surface area contributed by atoms with Crippen molar-refractivity contribution in [2.45, 2.75) is 11.1 Å². The number of rotatable bonds is 0. The third-order valence-electron chi connectivity index (χ3n) is 1.80. The Kier molecular flexibility index (Phi) is 1.91. The Morgan fingerprint density at radius 2 is 2.08 bits per heavy atom. The second kappa shape index (κ2) is 2.83. The lowest BCUT2D eigenvalue weighted by Crippen LogP contribution is -2.06. The van der Waals surface area contributed by atoms with Crippen LogP contribution in [0.15, 0.2) is 23.1 Å². The van der Waals surface area contributed by atoms with Gasteiger partial charge in [-0.25, -0.2) is 0 Å². The van der Waals surface area contributed by atoms with E-state index in [2.05, 4.69) is 5.32 Å². The maximum atomic E-state index is 12.4. The van der Waals surface area contributed by atoms with Gasteiger partial charge in [0, 0.05) is 10.6 Å². The average molecular weight is 205 g/mol. The van der Waals surface area contributed by atoms with E-state index in [-0.39, 0.29) is 0 Å². The molecular formula is C8H6F3NS. The second-order valence-electron chi connectivity index (χ2n) is 2.65. The van der Waals surface area contributed by atoms with E-state index < -0.39 is 11.7 Å². The number of hydrogen-bond donors (Lipinski definition) is 1. The Morgan fingerprint density at radius 3 is 2.77 bits per heavy atom. The molecule has 1 aliphatic heterocycles. The van der Waals surface area contributed by atoms with Gasteiger partial charge in [0.25, 0.3) is 0 Å². The lowest BCUT2D eigenvalue weighted by molar-refractivity contribution is -0.139. The third-order valence-corrected chi connectivity index (χ3v) is 2.82. The summed E-state index contributed by atoms with van der Waals surface area (Å²) in [4.78, 5) is 0.315. The van der Waals surface area contributed by atoms with Crippen molar-refractivity contribution < 1.29 is 13.2 Å². The first-order valence-electron chi connectivity index (χ1n) is 3.66. The zero-order chi connectivity index (χ0) is 9.47. The fourth-order valence-corrected chi connectivity index (χ4v) is 2.25. The van der Waals surface area contributed by atoms with Crippen LogP contribution in [0.2, 0.25) is 0 Å². The minimum atomic E-state index is -4.25. The van der Waals surface area contributed by atoms with E-state index in [1.807, 2.05) is 0 Å². The summed E-state index contributed by atoms with van der Waals surface area (Å²) in [6.45, 7) is 0. The molecule has 0 unspecified atom stereocenters. The van der Waals surface area contributed by atoms with Crippen molar-refractivity contribution >= 4 is 17.4 Å². The lowest BCUT2D eigenvalue weighted by Gasteiger charge is -2.09. The van der Waals surface area contributed by atoms with Gasteiger partial charge < -0.3 is 5.32 Å². The van der Waals surface area contributed by atoms with Crippen molar-refractivity contribution in [2.75, 3.05) is 11.2 Å². The van der Waals surface area contributed by atoms with Gasteiger partial charge in [-0.15, -0.1) is 11.8 Å². The minimum Gasteiger partial charge on any atom is -0.375 e. The molecule has 1 aromatic carbocycles. The molecule has 1 nitrogen and oxygen atoms in total. The Labute approximate surface area is 77.3 Å². The monoisotopic (exact) mass is 205 g/mol. The number of anilines is 1. The zero-order valence-corrected chi connectivity index (χ0v) is 7.30. The van der Waals surface area contributed by atoms with Crippen LogP contribution in [0.4, 0.5) is 18.9 Å². The van der Waals surface area contributed by atoms with Gasteiger partial charge in [-0.1, -0.05) is 6.07 Å². The molecule has 0 aromatic heterocycles. The molecule has 1 aromatic rings. The van der Waals surface area contributed by atoms with Gasteiger partial charge in [-0.2, -0.15) is 13.2 Å². The normalized spacial score (nSPS) is 15.3. The molecule has 1 N–H and O–H groups in total. The average Bonchev–Trinajstić information content (AvgIpc) is 2.48. The zero-order valence-electron chi connectivity index (χ0n) is 6.48. The minimum absolute atomic E-state index is 0.315. The van der Waals surface area contributed by atoms with Crippen LogP contribution in [-0.2, 0) is 6.18 Å². The van der Waals surface area contributed by atoms with Gasteiger partial charge in [0.15, 0.2) is 0 Å². The molecule has 0 atom stereocenters. The van der Waals surface area contributed by atoms with Gasteiger partial charge in [0.05, 0.1) is 11.4 Å². The van der Waals surface area contributed by atoms with E-state index in [0.717, 1.165) is 6.07 Å². The Bertz CT molecular complexity index is 335. The van der Waals surface area contributed by atoms with E-state index in [1.54, 1.807) is 6.07 Å². The highest BCUT2D eigenvalue weighted by Gasteiger charge is 2.35. The predicted octanol–water partition coefficient (Wildman–Crippen LogP) is 3.18. The fourth-order valence-electron chi connectivity index (χ4n) is 1.24. The van der Waals surface area contributed by atoms with Crippen LogP contribution in [-0.4, -0.2) is 5.88 Å². The number of nitrogens with one attached hydrogen (secondary N) is 1. The Hall–Kier alpha value is -0.840. The topological polar surface area (TPSA) is 12.0 Å². The van der Waals surface area contributed by atoms with E-state index in [1.165, 1.54) is 17.8 Å². The molecule has 0 saturated carbocycles. The fraction of sp³-hybridized carbons (Fsp3) is 0.250. The second-order valence-corrected chi connectivity index (χ2v) is 3.63. The highest BCUT2D eigenvalue weighted by molar-refractivity contribution is 8.00. The molecule has 1 aliphatic rings. The summed E-state index contributed by atoms with van der Waals surface area (Å²) in [5, 5.41) is 2.88. The number of benzene rings is 1. The first-order chi connectivity index (χ1) is 6.09. The maximum absolute atomic E-state index is 12.4. The van der Waals surface area contributed by atoms with Crippen LogP contribution in [0.25, 0.3) is 0 Å². The first-order valence-corrected chi connectivity index (χ1v) is 4.64. The quantitative estimate of drug-likeness (QED) is 0.698. The van der Waals surface area contributed by atoms with Crippen LogP contribution in [0.1, 0.15) is 5.56 Å². The molecule has 0 amide bonds.